The van der Waals surface area contributed by atoms with E-state index in [1.165, 1.54) is 15.4 Å². The zero-order valence-corrected chi connectivity index (χ0v) is 10.1. The smallest absolute Gasteiger partial charge is 0.00828 e. The molecule has 0 unspecified atom stereocenters. The molecule has 0 spiro atoms. The van der Waals surface area contributed by atoms with Crippen LogP contribution < -0.4 is 12.3 Å². The predicted molar refractivity (Wildman–Crippen MR) is 64.8 cm³/mol. The van der Waals surface area contributed by atoms with E-state index in [1.54, 1.807) is 23.5 Å². The van der Waals surface area contributed by atoms with Gasteiger partial charge in [0, 0.05) is 9.79 Å². The van der Waals surface area contributed by atoms with Gasteiger partial charge in [-0.05, 0) is 43.2 Å². The van der Waals surface area contributed by atoms with E-state index in [4.69, 9.17) is 0 Å². The van der Waals surface area contributed by atoms with Crippen molar-refractivity contribution in [3.8, 4) is 0 Å². The second kappa shape index (κ2) is 7.26. The number of hydrogen-bond donors (Lipinski definition) is 2. The first-order valence-electron chi connectivity index (χ1n) is 3.46. The van der Waals surface area contributed by atoms with E-state index in [1.807, 2.05) is 0 Å². The van der Waals surface area contributed by atoms with Crippen molar-refractivity contribution in [1.29, 1.82) is 0 Å². The maximum absolute atomic E-state index is 2.22. The van der Waals surface area contributed by atoms with Gasteiger partial charge >= 0.3 is 0 Å². The number of hydrogen-bond acceptors (Lipinski definition) is 4. The molecule has 0 saturated heterocycles. The third-order valence-corrected chi connectivity index (χ3v) is 2.91. The van der Waals surface area contributed by atoms with E-state index in [0.29, 0.717) is 0 Å². The Kier molecular flexibility index (Phi) is 8.56. The zero-order valence-electron chi connectivity index (χ0n) is 8.46. The van der Waals surface area contributed by atoms with Crippen LogP contribution in [0.4, 0.5) is 0 Å². The van der Waals surface area contributed by atoms with Crippen LogP contribution in [0, 0.1) is 6.92 Å². The van der Waals surface area contributed by atoms with Crippen molar-refractivity contribution in [2.24, 2.45) is 0 Å². The Balaban J connectivity index is 0. The maximum Gasteiger partial charge on any atom is 0.00828 e. The van der Waals surface area contributed by atoms with Crippen molar-refractivity contribution in [1.82, 2.24) is 12.3 Å². The summed E-state index contributed by atoms with van der Waals surface area (Å²) in [5.74, 6) is 0. The van der Waals surface area contributed by atoms with E-state index in [9.17, 15) is 0 Å². The molecule has 1 aromatic carbocycles. The van der Waals surface area contributed by atoms with Crippen LogP contribution in [0.15, 0.2) is 28.0 Å². The number of thioether (sulfide) groups is 2. The van der Waals surface area contributed by atoms with E-state index in [-0.39, 0.29) is 12.3 Å². The molecule has 2 nitrogen and oxygen atoms in total. The molecule has 0 aliphatic rings. The fraction of sp³-hybridized carbons (Fsp3) is 0.333. The summed E-state index contributed by atoms with van der Waals surface area (Å²) in [5, 5.41) is 0. The van der Waals surface area contributed by atoms with Crippen LogP contribution >= 0.6 is 23.5 Å². The summed E-state index contributed by atoms with van der Waals surface area (Å²) < 4.78 is 0. The van der Waals surface area contributed by atoms with E-state index >= 15 is 0 Å². The van der Waals surface area contributed by atoms with Crippen molar-refractivity contribution < 1.29 is 0 Å². The normalized spacial score (nSPS) is 8.54. The minimum Gasteiger partial charge on any atom is -0.344 e. The molecular formula is C9H18N2S2. The van der Waals surface area contributed by atoms with Gasteiger partial charge in [0.05, 0.1) is 0 Å². The van der Waals surface area contributed by atoms with Gasteiger partial charge in [0.1, 0.15) is 0 Å². The average Bonchev–Trinajstić information content (AvgIpc) is 2.03. The van der Waals surface area contributed by atoms with Crippen molar-refractivity contribution in [3.63, 3.8) is 0 Å². The van der Waals surface area contributed by atoms with Gasteiger partial charge in [0.25, 0.3) is 0 Å². The van der Waals surface area contributed by atoms with Crippen LogP contribution in [0.25, 0.3) is 0 Å². The van der Waals surface area contributed by atoms with Crippen LogP contribution in [0.2, 0.25) is 0 Å². The molecule has 0 heterocycles. The highest BCUT2D eigenvalue weighted by molar-refractivity contribution is 7.99. The molecule has 0 amide bonds. The lowest BCUT2D eigenvalue weighted by Crippen LogP contribution is -1.77. The Morgan fingerprint density at radius 2 is 1.23 bits per heavy atom. The van der Waals surface area contributed by atoms with Crippen molar-refractivity contribution in [2.75, 3.05) is 12.5 Å². The molecule has 0 fully saturated rings. The zero-order chi connectivity index (χ0) is 8.27. The van der Waals surface area contributed by atoms with E-state index in [2.05, 4.69) is 37.6 Å². The molecule has 0 bridgehead atoms. The van der Waals surface area contributed by atoms with Gasteiger partial charge in [-0.25, -0.2) is 0 Å². The molecule has 76 valence electrons. The van der Waals surface area contributed by atoms with Crippen LogP contribution in [-0.2, 0) is 0 Å². The highest BCUT2D eigenvalue weighted by Crippen LogP contribution is 2.23. The number of aryl methyl sites for hydroxylation is 1. The first-order chi connectivity index (χ1) is 5.26. The summed E-state index contributed by atoms with van der Waals surface area (Å²) in [6.07, 6.45) is 4.22. The van der Waals surface area contributed by atoms with Crippen LogP contribution in [0.1, 0.15) is 5.56 Å². The van der Waals surface area contributed by atoms with Gasteiger partial charge in [-0.3, -0.25) is 0 Å². The lowest BCUT2D eigenvalue weighted by atomic mass is 10.2. The minimum absolute atomic E-state index is 0. The number of benzene rings is 1. The Morgan fingerprint density at radius 3 is 1.54 bits per heavy atom. The molecule has 1 rings (SSSR count). The third kappa shape index (κ3) is 4.57. The molecule has 1 aromatic rings. The lowest BCUT2D eigenvalue weighted by molar-refractivity contribution is 1.27. The van der Waals surface area contributed by atoms with Crippen molar-refractivity contribution in [3.05, 3.63) is 23.8 Å². The van der Waals surface area contributed by atoms with Gasteiger partial charge in [0.2, 0.25) is 0 Å². The van der Waals surface area contributed by atoms with Gasteiger partial charge in [-0.2, -0.15) is 0 Å². The van der Waals surface area contributed by atoms with E-state index in [0.717, 1.165) is 0 Å². The minimum atomic E-state index is 0. The van der Waals surface area contributed by atoms with E-state index < -0.39 is 0 Å². The van der Waals surface area contributed by atoms with Gasteiger partial charge in [-0.1, -0.05) is 0 Å². The standard InChI is InChI=1S/C9H12S2.2H3N/c1-7-4-8(10-2)6-9(5-7)11-3;;/h4-6H,1-3H3;2*1H3. The summed E-state index contributed by atoms with van der Waals surface area (Å²) in [6.45, 7) is 2.14. The van der Waals surface area contributed by atoms with Gasteiger partial charge < -0.3 is 12.3 Å². The quantitative estimate of drug-likeness (QED) is 0.741. The molecule has 0 aliphatic carbocycles. The second-order valence-electron chi connectivity index (χ2n) is 2.39. The van der Waals surface area contributed by atoms with Gasteiger partial charge in [0.15, 0.2) is 0 Å². The van der Waals surface area contributed by atoms with Crippen molar-refractivity contribution in [2.45, 2.75) is 16.7 Å². The molecule has 0 saturated carbocycles. The molecule has 13 heavy (non-hydrogen) atoms. The number of rotatable bonds is 2. The molecule has 0 atom stereocenters. The molecule has 4 heteroatoms. The summed E-state index contributed by atoms with van der Waals surface area (Å²) >= 11 is 3.60. The lowest BCUT2D eigenvalue weighted by Gasteiger charge is -2.01. The molecule has 0 aliphatic heterocycles. The third-order valence-electron chi connectivity index (χ3n) is 1.50. The highest BCUT2D eigenvalue weighted by atomic mass is 32.2. The van der Waals surface area contributed by atoms with Crippen LogP contribution in [0.5, 0.6) is 0 Å². The topological polar surface area (TPSA) is 70.0 Å². The molecule has 0 aromatic heterocycles. The molecule has 0 radical (unpaired) electrons. The van der Waals surface area contributed by atoms with Crippen LogP contribution in [0.3, 0.4) is 0 Å². The Hall–Kier alpha value is -0.160. The Labute approximate surface area is 89.0 Å². The first-order valence-corrected chi connectivity index (χ1v) is 5.91. The molecular weight excluding hydrogens is 200 g/mol. The van der Waals surface area contributed by atoms with Crippen LogP contribution in [-0.4, -0.2) is 12.5 Å². The Morgan fingerprint density at radius 1 is 0.846 bits per heavy atom. The fourth-order valence-corrected chi connectivity index (χ4v) is 2.12. The fourth-order valence-electron chi connectivity index (χ4n) is 0.950. The monoisotopic (exact) mass is 218 g/mol. The summed E-state index contributed by atoms with van der Waals surface area (Å²) in [7, 11) is 0. The predicted octanol–water partition coefficient (Wildman–Crippen LogP) is 3.76. The first kappa shape index (κ1) is 15.3. The highest BCUT2D eigenvalue weighted by Gasteiger charge is 1.95. The second-order valence-corrected chi connectivity index (χ2v) is 4.15. The summed E-state index contributed by atoms with van der Waals surface area (Å²) in [6, 6.07) is 6.65. The SMILES string of the molecule is CSc1cc(C)cc(SC)c1.N.N. The van der Waals surface area contributed by atoms with Crippen molar-refractivity contribution >= 4 is 23.5 Å². The maximum atomic E-state index is 2.22. The average molecular weight is 218 g/mol. The Bertz CT molecular complexity index is 229. The molecule has 6 N–H and O–H groups in total. The largest absolute Gasteiger partial charge is 0.344 e. The summed E-state index contributed by atoms with van der Waals surface area (Å²) in [5.41, 5.74) is 1.35. The van der Waals surface area contributed by atoms with Gasteiger partial charge in [-0.15, -0.1) is 23.5 Å². The summed E-state index contributed by atoms with van der Waals surface area (Å²) in [4.78, 5) is 2.71.